The van der Waals surface area contributed by atoms with Crippen molar-refractivity contribution < 1.29 is 8.78 Å². The van der Waals surface area contributed by atoms with Gasteiger partial charge in [0.2, 0.25) is 0 Å². The second kappa shape index (κ2) is 3.85. The Labute approximate surface area is 89.6 Å². The number of hydrogen-bond donors (Lipinski definition) is 1. The number of hydrogen-bond acceptors (Lipinski definition) is 1. The third kappa shape index (κ3) is 1.90. The Morgan fingerprint density at radius 1 is 1.21 bits per heavy atom. The molecule has 0 atom stereocenters. The maximum absolute atomic E-state index is 13.2. The number of benzene rings is 1. The summed E-state index contributed by atoms with van der Waals surface area (Å²) in [5.74, 6) is -1.10. The summed E-state index contributed by atoms with van der Waals surface area (Å²) in [5, 5.41) is 3.04. The SMILES string of the molecule is Fc1cc(F)c(NC2CCC2)cc1Br. The summed E-state index contributed by atoms with van der Waals surface area (Å²) < 4.78 is 26.4. The summed E-state index contributed by atoms with van der Waals surface area (Å²) in [6, 6.07) is 2.69. The predicted molar refractivity (Wildman–Crippen MR) is 55.3 cm³/mol. The largest absolute Gasteiger partial charge is 0.380 e. The summed E-state index contributed by atoms with van der Waals surface area (Å²) in [7, 11) is 0. The van der Waals surface area contributed by atoms with Crippen molar-refractivity contribution in [2.24, 2.45) is 0 Å². The van der Waals surface area contributed by atoms with E-state index in [1.54, 1.807) is 0 Å². The molecular formula is C10H10BrF2N. The monoisotopic (exact) mass is 261 g/mol. The fourth-order valence-electron chi connectivity index (χ4n) is 1.41. The Balaban J connectivity index is 2.19. The second-order valence-corrected chi connectivity index (χ2v) is 4.37. The molecule has 1 aliphatic rings. The van der Waals surface area contributed by atoms with Crippen molar-refractivity contribution in [3.05, 3.63) is 28.2 Å². The number of anilines is 1. The Hall–Kier alpha value is -0.640. The molecule has 0 amide bonds. The van der Waals surface area contributed by atoms with Crippen molar-refractivity contribution in [1.82, 2.24) is 0 Å². The highest BCUT2D eigenvalue weighted by atomic mass is 79.9. The van der Waals surface area contributed by atoms with Crippen molar-refractivity contribution in [1.29, 1.82) is 0 Å². The van der Waals surface area contributed by atoms with Gasteiger partial charge in [-0.25, -0.2) is 8.78 Å². The van der Waals surface area contributed by atoms with E-state index in [4.69, 9.17) is 0 Å². The summed E-state index contributed by atoms with van der Waals surface area (Å²) in [4.78, 5) is 0. The molecule has 0 aliphatic heterocycles. The smallest absolute Gasteiger partial charge is 0.149 e. The molecule has 1 nitrogen and oxygen atoms in total. The van der Waals surface area contributed by atoms with E-state index >= 15 is 0 Å². The molecule has 1 saturated carbocycles. The minimum absolute atomic E-state index is 0.292. The number of rotatable bonds is 2. The quantitative estimate of drug-likeness (QED) is 0.801. The molecule has 0 heterocycles. The van der Waals surface area contributed by atoms with E-state index in [-0.39, 0.29) is 0 Å². The highest BCUT2D eigenvalue weighted by Gasteiger charge is 2.19. The summed E-state index contributed by atoms with van der Waals surface area (Å²) in [5.41, 5.74) is 0.378. The molecule has 14 heavy (non-hydrogen) atoms. The minimum atomic E-state index is -0.568. The lowest BCUT2D eigenvalue weighted by Crippen LogP contribution is -2.27. The molecule has 1 N–H and O–H groups in total. The van der Waals surface area contributed by atoms with Crippen molar-refractivity contribution in [2.45, 2.75) is 25.3 Å². The summed E-state index contributed by atoms with van der Waals surface area (Å²) >= 11 is 3.03. The Bertz CT molecular complexity index is 350. The molecule has 0 aromatic heterocycles. The molecule has 0 unspecified atom stereocenters. The molecule has 76 valence electrons. The molecule has 0 radical (unpaired) electrons. The first-order valence-electron chi connectivity index (χ1n) is 4.58. The molecule has 2 rings (SSSR count). The van der Waals surface area contributed by atoms with Crippen LogP contribution < -0.4 is 5.32 Å². The Morgan fingerprint density at radius 3 is 2.50 bits per heavy atom. The van der Waals surface area contributed by atoms with Gasteiger partial charge in [0.05, 0.1) is 10.2 Å². The first-order chi connectivity index (χ1) is 6.66. The van der Waals surface area contributed by atoms with Crippen LogP contribution in [-0.4, -0.2) is 6.04 Å². The van der Waals surface area contributed by atoms with Gasteiger partial charge in [-0.3, -0.25) is 0 Å². The fourth-order valence-corrected chi connectivity index (χ4v) is 1.75. The van der Waals surface area contributed by atoms with E-state index in [1.165, 1.54) is 12.5 Å². The zero-order valence-corrected chi connectivity index (χ0v) is 9.07. The molecule has 0 saturated heterocycles. The van der Waals surface area contributed by atoms with E-state index in [0.717, 1.165) is 18.9 Å². The lowest BCUT2D eigenvalue weighted by atomic mass is 9.93. The van der Waals surface area contributed by atoms with Crippen molar-refractivity contribution in [3.8, 4) is 0 Å². The average Bonchev–Trinajstić information content (AvgIpc) is 2.06. The van der Waals surface area contributed by atoms with Crippen molar-refractivity contribution >= 4 is 21.6 Å². The van der Waals surface area contributed by atoms with Crippen LogP contribution in [0.3, 0.4) is 0 Å². The Morgan fingerprint density at radius 2 is 1.93 bits per heavy atom. The predicted octanol–water partition coefficient (Wildman–Crippen LogP) is 3.69. The lowest BCUT2D eigenvalue weighted by Gasteiger charge is -2.27. The van der Waals surface area contributed by atoms with E-state index in [2.05, 4.69) is 21.2 Å². The van der Waals surface area contributed by atoms with Crippen LogP contribution in [0.1, 0.15) is 19.3 Å². The molecule has 1 fully saturated rings. The maximum Gasteiger partial charge on any atom is 0.149 e. The van der Waals surface area contributed by atoms with Crippen LogP contribution in [0.2, 0.25) is 0 Å². The lowest BCUT2D eigenvalue weighted by molar-refractivity contribution is 0.442. The third-order valence-electron chi connectivity index (χ3n) is 2.47. The van der Waals surface area contributed by atoms with Gasteiger partial charge in [-0.1, -0.05) is 0 Å². The standard InChI is InChI=1S/C10H10BrF2N/c11-7-4-10(9(13)5-8(7)12)14-6-2-1-3-6/h4-6,14H,1-3H2. The van der Waals surface area contributed by atoms with E-state index in [0.29, 0.717) is 16.2 Å². The molecule has 4 heteroatoms. The van der Waals surface area contributed by atoms with Gasteiger partial charge in [-0.05, 0) is 41.3 Å². The van der Waals surface area contributed by atoms with Crippen LogP contribution >= 0.6 is 15.9 Å². The maximum atomic E-state index is 13.2. The first kappa shape index (κ1) is 9.90. The third-order valence-corrected chi connectivity index (χ3v) is 3.08. The van der Waals surface area contributed by atoms with E-state index in [1.807, 2.05) is 0 Å². The van der Waals surface area contributed by atoms with Gasteiger partial charge >= 0.3 is 0 Å². The molecule has 1 aromatic rings. The van der Waals surface area contributed by atoms with Crippen LogP contribution in [0, 0.1) is 11.6 Å². The number of halogens is 3. The summed E-state index contributed by atoms with van der Waals surface area (Å²) in [6.07, 6.45) is 3.31. The average molecular weight is 262 g/mol. The van der Waals surface area contributed by atoms with Gasteiger partial charge in [-0.15, -0.1) is 0 Å². The van der Waals surface area contributed by atoms with Crippen LogP contribution in [0.5, 0.6) is 0 Å². The van der Waals surface area contributed by atoms with Gasteiger partial charge in [0.25, 0.3) is 0 Å². The van der Waals surface area contributed by atoms with Crippen LogP contribution in [0.4, 0.5) is 14.5 Å². The fraction of sp³-hybridized carbons (Fsp3) is 0.400. The molecule has 0 spiro atoms. The van der Waals surface area contributed by atoms with Crippen LogP contribution in [-0.2, 0) is 0 Å². The highest BCUT2D eigenvalue weighted by Crippen LogP contribution is 2.28. The highest BCUT2D eigenvalue weighted by molar-refractivity contribution is 9.10. The van der Waals surface area contributed by atoms with Gasteiger partial charge in [0, 0.05) is 12.1 Å². The molecular weight excluding hydrogens is 252 g/mol. The van der Waals surface area contributed by atoms with Crippen molar-refractivity contribution in [2.75, 3.05) is 5.32 Å². The molecule has 1 aromatic carbocycles. The van der Waals surface area contributed by atoms with E-state index in [9.17, 15) is 8.78 Å². The molecule has 1 aliphatic carbocycles. The van der Waals surface area contributed by atoms with Gasteiger partial charge in [0.15, 0.2) is 0 Å². The van der Waals surface area contributed by atoms with Gasteiger partial charge in [-0.2, -0.15) is 0 Å². The molecule has 0 bridgehead atoms. The number of nitrogens with one attached hydrogen (secondary N) is 1. The second-order valence-electron chi connectivity index (χ2n) is 3.52. The zero-order chi connectivity index (χ0) is 10.1. The van der Waals surface area contributed by atoms with Crippen LogP contribution in [0.15, 0.2) is 16.6 Å². The Kier molecular flexibility index (Phi) is 2.72. The summed E-state index contributed by atoms with van der Waals surface area (Å²) in [6.45, 7) is 0. The van der Waals surface area contributed by atoms with E-state index < -0.39 is 11.6 Å². The van der Waals surface area contributed by atoms with Crippen molar-refractivity contribution in [3.63, 3.8) is 0 Å². The normalized spacial score (nSPS) is 16.5. The minimum Gasteiger partial charge on any atom is -0.380 e. The van der Waals surface area contributed by atoms with Gasteiger partial charge < -0.3 is 5.32 Å². The van der Waals surface area contributed by atoms with Crippen LogP contribution in [0.25, 0.3) is 0 Å². The zero-order valence-electron chi connectivity index (χ0n) is 7.49. The first-order valence-corrected chi connectivity index (χ1v) is 5.37. The topological polar surface area (TPSA) is 12.0 Å². The van der Waals surface area contributed by atoms with Gasteiger partial charge in [0.1, 0.15) is 11.6 Å².